The molecule has 0 atom stereocenters. The van der Waals surface area contributed by atoms with E-state index in [1.54, 1.807) is 38.3 Å². The van der Waals surface area contributed by atoms with Crippen LogP contribution in [0, 0.1) is 0 Å². The van der Waals surface area contributed by atoms with Crippen LogP contribution in [0.15, 0.2) is 47.6 Å². The van der Waals surface area contributed by atoms with E-state index in [0.29, 0.717) is 17.2 Å². The molecular weight excluding hydrogens is 382 g/mol. The normalized spacial score (nSPS) is 13.2. The lowest BCUT2D eigenvalue weighted by Crippen LogP contribution is -2.26. The van der Waals surface area contributed by atoms with Crippen molar-refractivity contribution in [1.29, 1.82) is 0 Å². The van der Waals surface area contributed by atoms with E-state index in [4.69, 9.17) is 9.47 Å². The Morgan fingerprint density at radius 2 is 1.73 bits per heavy atom. The number of rotatable bonds is 8. The highest BCUT2D eigenvalue weighted by Gasteiger charge is 2.15. The van der Waals surface area contributed by atoms with Crippen molar-refractivity contribution >= 4 is 23.2 Å². The Hall–Kier alpha value is -3.35. The Balaban J connectivity index is 1.45. The topological polar surface area (TPSA) is 89.0 Å². The smallest absolute Gasteiger partial charge is 0.277 e. The number of hydrogen-bond donors (Lipinski definition) is 2. The zero-order chi connectivity index (χ0) is 21.3. The highest BCUT2D eigenvalue weighted by molar-refractivity contribution is 6.06. The second-order valence-electron chi connectivity index (χ2n) is 7.22. The summed E-state index contributed by atoms with van der Waals surface area (Å²) in [6, 6.07) is 13.0. The number of methoxy groups -OCH3 is 1. The fourth-order valence-corrected chi connectivity index (χ4v) is 3.38. The van der Waals surface area contributed by atoms with Crippen molar-refractivity contribution in [2.45, 2.75) is 39.0 Å². The maximum atomic E-state index is 12.4. The molecular formula is C23H27N3O4. The highest BCUT2D eigenvalue weighted by atomic mass is 16.5. The Morgan fingerprint density at radius 3 is 2.50 bits per heavy atom. The monoisotopic (exact) mass is 409 g/mol. The van der Waals surface area contributed by atoms with E-state index >= 15 is 0 Å². The van der Waals surface area contributed by atoms with Crippen LogP contribution in [0.4, 0.5) is 5.69 Å². The molecule has 3 rings (SSSR count). The minimum atomic E-state index is -0.400. The lowest BCUT2D eigenvalue weighted by molar-refractivity contribution is -0.123. The molecule has 7 heteroatoms. The molecule has 2 amide bonds. The molecule has 0 saturated heterocycles. The first kappa shape index (κ1) is 21.4. The zero-order valence-electron chi connectivity index (χ0n) is 17.4. The molecule has 1 aliphatic carbocycles. The number of nitrogens with one attached hydrogen (secondary N) is 2. The van der Waals surface area contributed by atoms with Crippen LogP contribution in [0.25, 0.3) is 0 Å². The third-order valence-electron chi connectivity index (χ3n) is 4.89. The molecule has 0 fully saturated rings. The summed E-state index contributed by atoms with van der Waals surface area (Å²) in [5.74, 6) is 0.709. The van der Waals surface area contributed by atoms with Crippen molar-refractivity contribution < 1.29 is 19.1 Å². The maximum Gasteiger partial charge on any atom is 0.277 e. The average molecular weight is 409 g/mol. The van der Waals surface area contributed by atoms with Crippen molar-refractivity contribution in [3.63, 3.8) is 0 Å². The summed E-state index contributed by atoms with van der Waals surface area (Å²) in [4.78, 5) is 24.3. The van der Waals surface area contributed by atoms with Gasteiger partial charge in [0, 0.05) is 11.4 Å². The maximum absolute atomic E-state index is 12.4. The summed E-state index contributed by atoms with van der Waals surface area (Å²) in [6.07, 6.45) is 4.49. The molecule has 158 valence electrons. The fourth-order valence-electron chi connectivity index (χ4n) is 3.38. The van der Waals surface area contributed by atoms with Crippen molar-refractivity contribution in [2.24, 2.45) is 5.10 Å². The second kappa shape index (κ2) is 10.4. The number of aryl methyl sites for hydroxylation is 1. The van der Waals surface area contributed by atoms with Gasteiger partial charge in [-0.15, -0.1) is 0 Å². The number of benzene rings is 2. The van der Waals surface area contributed by atoms with Crippen molar-refractivity contribution in [2.75, 3.05) is 19.0 Å². The number of ether oxygens (including phenoxy) is 2. The van der Waals surface area contributed by atoms with Crippen LogP contribution in [0.5, 0.6) is 11.5 Å². The van der Waals surface area contributed by atoms with Gasteiger partial charge in [0.15, 0.2) is 6.61 Å². The first-order valence-corrected chi connectivity index (χ1v) is 10.0. The summed E-state index contributed by atoms with van der Waals surface area (Å²) in [5, 5.41) is 6.97. The SMILES string of the molecule is COc1ccc(OCC(=O)NN=C(C)CC(=O)Nc2cccc3c2CCCC3)cc1. The van der Waals surface area contributed by atoms with Gasteiger partial charge in [-0.05, 0) is 74.1 Å². The number of anilines is 1. The fraction of sp³-hybridized carbons (Fsp3) is 0.348. The van der Waals surface area contributed by atoms with E-state index in [1.807, 2.05) is 12.1 Å². The molecule has 0 aromatic heterocycles. The minimum Gasteiger partial charge on any atom is -0.497 e. The Bertz CT molecular complexity index is 923. The molecule has 0 unspecified atom stereocenters. The van der Waals surface area contributed by atoms with Crippen LogP contribution in [-0.2, 0) is 22.4 Å². The number of carbonyl (C=O) groups excluding carboxylic acids is 2. The lowest BCUT2D eigenvalue weighted by atomic mass is 9.90. The van der Waals surface area contributed by atoms with Gasteiger partial charge < -0.3 is 14.8 Å². The summed E-state index contributed by atoms with van der Waals surface area (Å²) < 4.78 is 10.5. The van der Waals surface area contributed by atoms with Gasteiger partial charge in [-0.25, -0.2) is 5.43 Å². The summed E-state index contributed by atoms with van der Waals surface area (Å²) >= 11 is 0. The van der Waals surface area contributed by atoms with Gasteiger partial charge in [-0.3, -0.25) is 9.59 Å². The number of nitrogens with zero attached hydrogens (tertiary/aromatic N) is 1. The molecule has 0 spiro atoms. The van der Waals surface area contributed by atoms with Crippen LogP contribution in [-0.4, -0.2) is 31.2 Å². The summed E-state index contributed by atoms with van der Waals surface area (Å²) in [5.41, 5.74) is 6.35. The summed E-state index contributed by atoms with van der Waals surface area (Å²) in [7, 11) is 1.58. The lowest BCUT2D eigenvalue weighted by Gasteiger charge is -2.19. The van der Waals surface area contributed by atoms with Crippen LogP contribution in [0.3, 0.4) is 0 Å². The highest BCUT2D eigenvalue weighted by Crippen LogP contribution is 2.27. The molecule has 2 N–H and O–H groups in total. The molecule has 0 saturated carbocycles. The number of carbonyl (C=O) groups is 2. The van der Waals surface area contributed by atoms with E-state index in [1.165, 1.54) is 17.5 Å². The van der Waals surface area contributed by atoms with Crippen molar-refractivity contribution in [3.8, 4) is 11.5 Å². The molecule has 2 aromatic carbocycles. The quantitative estimate of drug-likeness (QED) is 0.516. The molecule has 30 heavy (non-hydrogen) atoms. The van der Waals surface area contributed by atoms with Crippen LogP contribution in [0.1, 0.15) is 37.3 Å². The number of fused-ring (bicyclic) bond motifs is 1. The van der Waals surface area contributed by atoms with Crippen LogP contribution >= 0.6 is 0 Å². The number of hydrazone groups is 1. The minimum absolute atomic E-state index is 0.100. The van der Waals surface area contributed by atoms with Crippen molar-refractivity contribution in [3.05, 3.63) is 53.6 Å². The first-order valence-electron chi connectivity index (χ1n) is 10.0. The summed E-state index contributed by atoms with van der Waals surface area (Å²) in [6.45, 7) is 1.52. The second-order valence-corrected chi connectivity index (χ2v) is 7.22. The largest absolute Gasteiger partial charge is 0.497 e. The molecule has 0 heterocycles. The zero-order valence-corrected chi connectivity index (χ0v) is 17.4. The molecule has 0 aliphatic heterocycles. The third kappa shape index (κ3) is 6.07. The van der Waals surface area contributed by atoms with E-state index in [9.17, 15) is 9.59 Å². The predicted molar refractivity (Wildman–Crippen MR) is 116 cm³/mol. The molecule has 7 nitrogen and oxygen atoms in total. The number of hydrogen-bond acceptors (Lipinski definition) is 5. The van der Waals surface area contributed by atoms with Gasteiger partial charge in [-0.1, -0.05) is 12.1 Å². The van der Waals surface area contributed by atoms with E-state index in [-0.39, 0.29) is 18.9 Å². The molecule has 1 aliphatic rings. The van der Waals surface area contributed by atoms with Crippen molar-refractivity contribution in [1.82, 2.24) is 5.43 Å². The third-order valence-corrected chi connectivity index (χ3v) is 4.89. The van der Waals surface area contributed by atoms with Gasteiger partial charge in [-0.2, -0.15) is 5.10 Å². The van der Waals surface area contributed by atoms with Gasteiger partial charge >= 0.3 is 0 Å². The molecule has 0 bridgehead atoms. The van der Waals surface area contributed by atoms with E-state index in [2.05, 4.69) is 21.9 Å². The Labute approximate surface area is 176 Å². The van der Waals surface area contributed by atoms with Gasteiger partial charge in [0.1, 0.15) is 11.5 Å². The van der Waals surface area contributed by atoms with Gasteiger partial charge in [0.25, 0.3) is 5.91 Å². The van der Waals surface area contributed by atoms with E-state index in [0.717, 1.165) is 24.9 Å². The average Bonchev–Trinajstić information content (AvgIpc) is 2.77. The predicted octanol–water partition coefficient (Wildman–Crippen LogP) is 3.47. The number of amides is 2. The standard InChI is InChI=1S/C23H27N3O4/c1-16(25-26-23(28)15-30-19-12-10-18(29-2)11-13-19)14-22(27)24-21-9-5-7-17-6-3-4-8-20(17)21/h5,7,9-13H,3-4,6,8,14-15H2,1-2H3,(H,24,27)(H,26,28). The van der Waals surface area contributed by atoms with Crippen LogP contribution in [0.2, 0.25) is 0 Å². The van der Waals surface area contributed by atoms with Gasteiger partial charge in [0.05, 0.1) is 13.5 Å². The molecule has 2 aromatic rings. The van der Waals surface area contributed by atoms with Crippen LogP contribution < -0.4 is 20.2 Å². The van der Waals surface area contributed by atoms with E-state index < -0.39 is 5.91 Å². The van der Waals surface area contributed by atoms with Gasteiger partial charge in [0.2, 0.25) is 5.91 Å². The Morgan fingerprint density at radius 1 is 1.00 bits per heavy atom. The first-order chi connectivity index (χ1) is 14.5. The molecule has 0 radical (unpaired) electrons. The Kier molecular flexibility index (Phi) is 7.43.